The smallest absolute Gasteiger partial charge is 0.340 e. The number of piperidine rings is 1. The summed E-state index contributed by atoms with van der Waals surface area (Å²) in [6.45, 7) is 6.52. The quantitative estimate of drug-likeness (QED) is 0.659. The lowest BCUT2D eigenvalue weighted by atomic mass is 9.99. The second kappa shape index (κ2) is 6.80. The molecule has 1 saturated heterocycles. The van der Waals surface area contributed by atoms with Crippen molar-refractivity contribution in [1.29, 1.82) is 0 Å². The van der Waals surface area contributed by atoms with Gasteiger partial charge in [-0.05, 0) is 45.7 Å². The summed E-state index contributed by atoms with van der Waals surface area (Å²) in [6, 6.07) is 6.13. The van der Waals surface area contributed by atoms with Crippen LogP contribution in [0.25, 0.3) is 0 Å². The predicted molar refractivity (Wildman–Crippen MR) is 85.0 cm³/mol. The first-order valence-electron chi connectivity index (χ1n) is 7.65. The topological polar surface area (TPSA) is 67.6 Å². The Morgan fingerprint density at radius 2 is 2.05 bits per heavy atom. The van der Waals surface area contributed by atoms with Crippen LogP contribution in [0.5, 0.6) is 0 Å². The van der Waals surface area contributed by atoms with Crippen LogP contribution in [0, 0.1) is 0 Å². The standard InChI is InChI=1S/C16H25N3O2/c1-4-21-16(20)13-9-6-10-14(17)15(13)18-19-11(2)7-5-8-12(19)3/h6,9-12,18H,4-5,7-8,17H2,1-3H3. The molecule has 5 heteroatoms. The van der Waals surface area contributed by atoms with Gasteiger partial charge in [-0.25, -0.2) is 9.80 Å². The molecule has 0 aromatic heterocycles. The molecule has 5 nitrogen and oxygen atoms in total. The second-order valence-corrected chi connectivity index (χ2v) is 5.64. The van der Waals surface area contributed by atoms with Gasteiger partial charge in [0.15, 0.2) is 0 Å². The van der Waals surface area contributed by atoms with Crippen LogP contribution in [0.15, 0.2) is 18.2 Å². The molecule has 0 saturated carbocycles. The summed E-state index contributed by atoms with van der Waals surface area (Å²) < 4.78 is 5.11. The maximum Gasteiger partial charge on any atom is 0.340 e. The highest BCUT2D eigenvalue weighted by Crippen LogP contribution is 2.29. The lowest BCUT2D eigenvalue weighted by molar-refractivity contribution is 0.0526. The fourth-order valence-electron chi connectivity index (χ4n) is 2.84. The van der Waals surface area contributed by atoms with E-state index in [2.05, 4.69) is 24.3 Å². The summed E-state index contributed by atoms with van der Waals surface area (Å²) in [6.07, 6.45) is 3.51. The normalized spacial score (nSPS) is 22.8. The molecule has 0 amide bonds. The Balaban J connectivity index is 2.28. The zero-order valence-corrected chi connectivity index (χ0v) is 13.1. The fourth-order valence-corrected chi connectivity index (χ4v) is 2.84. The molecular weight excluding hydrogens is 266 g/mol. The van der Waals surface area contributed by atoms with Crippen LogP contribution < -0.4 is 11.2 Å². The zero-order valence-electron chi connectivity index (χ0n) is 13.1. The zero-order chi connectivity index (χ0) is 15.4. The average Bonchev–Trinajstić information content (AvgIpc) is 2.44. The Hall–Kier alpha value is -1.75. The fraction of sp³-hybridized carbons (Fsp3) is 0.562. The van der Waals surface area contributed by atoms with Crippen molar-refractivity contribution in [2.75, 3.05) is 17.8 Å². The first-order chi connectivity index (χ1) is 10.0. The van der Waals surface area contributed by atoms with Gasteiger partial charge in [-0.2, -0.15) is 0 Å². The maximum atomic E-state index is 12.1. The molecule has 2 rings (SSSR count). The van der Waals surface area contributed by atoms with Crippen molar-refractivity contribution in [2.24, 2.45) is 0 Å². The molecule has 1 aromatic carbocycles. The van der Waals surface area contributed by atoms with Gasteiger partial charge in [-0.3, -0.25) is 0 Å². The third-order valence-electron chi connectivity index (χ3n) is 4.03. The van der Waals surface area contributed by atoms with Gasteiger partial charge < -0.3 is 15.9 Å². The van der Waals surface area contributed by atoms with E-state index >= 15 is 0 Å². The summed E-state index contributed by atoms with van der Waals surface area (Å²) in [5.41, 5.74) is 11.1. The number of benzene rings is 1. The lowest BCUT2D eigenvalue weighted by Gasteiger charge is -2.40. The predicted octanol–water partition coefficient (Wildman–Crippen LogP) is 3.04. The molecule has 2 unspecified atom stereocenters. The Morgan fingerprint density at radius 3 is 2.67 bits per heavy atom. The average molecular weight is 291 g/mol. The maximum absolute atomic E-state index is 12.1. The molecule has 0 radical (unpaired) electrons. The van der Waals surface area contributed by atoms with Crippen LogP contribution in [-0.4, -0.2) is 29.7 Å². The van der Waals surface area contributed by atoms with Crippen molar-refractivity contribution in [3.63, 3.8) is 0 Å². The Labute approximate surface area is 126 Å². The van der Waals surface area contributed by atoms with Gasteiger partial charge >= 0.3 is 5.97 Å². The number of ether oxygens (including phenoxy) is 1. The number of carbonyl (C=O) groups excluding carboxylic acids is 1. The molecule has 116 valence electrons. The third-order valence-corrected chi connectivity index (χ3v) is 4.03. The Kier molecular flexibility index (Phi) is 5.07. The molecule has 1 aliphatic rings. The molecule has 0 bridgehead atoms. The van der Waals surface area contributed by atoms with Crippen LogP contribution >= 0.6 is 0 Å². The summed E-state index contributed by atoms with van der Waals surface area (Å²) >= 11 is 0. The van der Waals surface area contributed by atoms with E-state index in [-0.39, 0.29) is 5.97 Å². The van der Waals surface area contributed by atoms with Crippen molar-refractivity contribution < 1.29 is 9.53 Å². The number of hydrogen-bond donors (Lipinski definition) is 2. The van der Waals surface area contributed by atoms with Crippen molar-refractivity contribution in [2.45, 2.75) is 52.1 Å². The van der Waals surface area contributed by atoms with E-state index in [0.29, 0.717) is 35.6 Å². The van der Waals surface area contributed by atoms with Gasteiger partial charge in [0.2, 0.25) is 0 Å². The minimum absolute atomic E-state index is 0.343. The summed E-state index contributed by atoms with van der Waals surface area (Å²) in [5.74, 6) is -0.343. The van der Waals surface area contributed by atoms with Gasteiger partial charge in [-0.1, -0.05) is 12.5 Å². The highest BCUT2D eigenvalue weighted by molar-refractivity contribution is 5.98. The van der Waals surface area contributed by atoms with Gasteiger partial charge in [0.25, 0.3) is 0 Å². The Bertz CT molecular complexity index is 494. The van der Waals surface area contributed by atoms with E-state index in [1.807, 2.05) is 0 Å². The highest BCUT2D eigenvalue weighted by Gasteiger charge is 2.26. The second-order valence-electron chi connectivity index (χ2n) is 5.64. The summed E-state index contributed by atoms with van der Waals surface area (Å²) in [7, 11) is 0. The van der Waals surface area contributed by atoms with E-state index < -0.39 is 0 Å². The minimum atomic E-state index is -0.343. The molecule has 1 heterocycles. The van der Waals surface area contributed by atoms with Crippen LogP contribution in [0.4, 0.5) is 11.4 Å². The van der Waals surface area contributed by atoms with E-state index in [4.69, 9.17) is 10.5 Å². The first-order valence-corrected chi connectivity index (χ1v) is 7.65. The van der Waals surface area contributed by atoms with Crippen molar-refractivity contribution in [3.05, 3.63) is 23.8 Å². The number of hydrogen-bond acceptors (Lipinski definition) is 5. The summed E-state index contributed by atoms with van der Waals surface area (Å²) in [5, 5.41) is 2.19. The monoisotopic (exact) mass is 291 g/mol. The van der Waals surface area contributed by atoms with Gasteiger partial charge in [0, 0.05) is 12.1 Å². The van der Waals surface area contributed by atoms with Gasteiger partial charge in [-0.15, -0.1) is 0 Å². The highest BCUT2D eigenvalue weighted by atomic mass is 16.5. The summed E-state index contributed by atoms with van der Waals surface area (Å²) in [4.78, 5) is 12.1. The number of rotatable bonds is 4. The number of hydrazine groups is 1. The van der Waals surface area contributed by atoms with Crippen LogP contribution in [0.2, 0.25) is 0 Å². The molecule has 1 aromatic rings. The molecular formula is C16H25N3O2. The number of para-hydroxylation sites is 1. The first kappa shape index (κ1) is 15.6. The Morgan fingerprint density at radius 1 is 1.38 bits per heavy atom. The van der Waals surface area contributed by atoms with E-state index in [9.17, 15) is 4.79 Å². The molecule has 1 fully saturated rings. The molecule has 0 aliphatic carbocycles. The molecule has 21 heavy (non-hydrogen) atoms. The number of nitrogens with one attached hydrogen (secondary N) is 1. The van der Waals surface area contributed by atoms with E-state index in [1.54, 1.807) is 25.1 Å². The third kappa shape index (κ3) is 3.47. The number of esters is 1. The SMILES string of the molecule is CCOC(=O)c1cccc(N)c1NN1C(C)CCCC1C. The van der Waals surface area contributed by atoms with Crippen LogP contribution in [0.1, 0.15) is 50.4 Å². The number of nitrogens with zero attached hydrogens (tertiary/aromatic N) is 1. The molecule has 0 spiro atoms. The van der Waals surface area contributed by atoms with Gasteiger partial charge in [0.05, 0.1) is 23.5 Å². The van der Waals surface area contributed by atoms with Crippen molar-refractivity contribution in [3.8, 4) is 0 Å². The number of nitrogen functional groups attached to an aromatic ring is 1. The van der Waals surface area contributed by atoms with Crippen LogP contribution in [-0.2, 0) is 4.74 Å². The number of nitrogens with two attached hydrogens (primary N) is 1. The molecule has 2 atom stereocenters. The van der Waals surface area contributed by atoms with Crippen molar-refractivity contribution >= 4 is 17.3 Å². The number of carbonyl (C=O) groups is 1. The van der Waals surface area contributed by atoms with E-state index in [0.717, 1.165) is 12.8 Å². The largest absolute Gasteiger partial charge is 0.462 e. The molecule has 3 N–H and O–H groups in total. The van der Waals surface area contributed by atoms with Crippen LogP contribution in [0.3, 0.4) is 0 Å². The molecule has 1 aliphatic heterocycles. The van der Waals surface area contributed by atoms with E-state index in [1.165, 1.54) is 6.42 Å². The van der Waals surface area contributed by atoms with Gasteiger partial charge in [0.1, 0.15) is 0 Å². The lowest BCUT2D eigenvalue weighted by Crippen LogP contribution is -2.47. The van der Waals surface area contributed by atoms with Crippen molar-refractivity contribution in [1.82, 2.24) is 5.01 Å². The minimum Gasteiger partial charge on any atom is -0.462 e. The number of anilines is 2.